The standard InChI is InChI=1S/C23H28O6/c1-22(2)10-9-16-12-17(7-8-18(16)29-22)21(24)28-14-15-11-19(25-4)20(26-5)23(3,13-15)27-6/h7-12H,13-14H2,1-6H3. The summed E-state index contributed by atoms with van der Waals surface area (Å²) in [5.41, 5.74) is 1.17. The fraction of sp³-hybridized carbons (Fsp3) is 0.435. The Morgan fingerprint density at radius 1 is 1.14 bits per heavy atom. The van der Waals surface area contributed by atoms with Crippen LogP contribution in [0.2, 0.25) is 0 Å². The average Bonchev–Trinajstić information content (AvgIpc) is 2.70. The number of carbonyl (C=O) groups is 1. The molecule has 0 N–H and O–H groups in total. The lowest BCUT2D eigenvalue weighted by atomic mass is 9.88. The van der Waals surface area contributed by atoms with Gasteiger partial charge in [0.2, 0.25) is 0 Å². The Hall–Kier alpha value is -2.73. The summed E-state index contributed by atoms with van der Waals surface area (Å²) in [5, 5.41) is 0. The van der Waals surface area contributed by atoms with E-state index in [0.717, 1.165) is 16.9 Å². The van der Waals surface area contributed by atoms with E-state index in [1.54, 1.807) is 39.5 Å². The van der Waals surface area contributed by atoms with Crippen LogP contribution in [0.15, 0.2) is 47.4 Å². The molecule has 0 fully saturated rings. The average molecular weight is 400 g/mol. The predicted octanol–water partition coefficient (Wildman–Crippen LogP) is 4.27. The molecular formula is C23H28O6. The summed E-state index contributed by atoms with van der Waals surface area (Å²) in [5.74, 6) is 1.53. The summed E-state index contributed by atoms with van der Waals surface area (Å²) >= 11 is 0. The van der Waals surface area contributed by atoms with Crippen molar-refractivity contribution < 1.29 is 28.5 Å². The SMILES string of the molecule is COC1=C(OC)C(C)(OC)CC(COC(=O)c2ccc3c(c2)C=CC(C)(C)O3)=C1. The molecule has 2 aliphatic rings. The van der Waals surface area contributed by atoms with Gasteiger partial charge in [-0.15, -0.1) is 0 Å². The molecule has 0 saturated heterocycles. The van der Waals surface area contributed by atoms with Crippen LogP contribution in [-0.4, -0.2) is 45.1 Å². The van der Waals surface area contributed by atoms with E-state index in [-0.39, 0.29) is 12.2 Å². The Bertz CT molecular complexity index is 893. The Balaban J connectivity index is 1.73. The highest BCUT2D eigenvalue weighted by Crippen LogP contribution is 2.36. The van der Waals surface area contributed by atoms with Crippen LogP contribution in [0.5, 0.6) is 5.75 Å². The van der Waals surface area contributed by atoms with Crippen LogP contribution in [-0.2, 0) is 18.9 Å². The van der Waals surface area contributed by atoms with Gasteiger partial charge in [0.25, 0.3) is 0 Å². The molecular weight excluding hydrogens is 372 g/mol. The van der Waals surface area contributed by atoms with Crippen molar-refractivity contribution in [3.8, 4) is 5.75 Å². The number of ether oxygens (including phenoxy) is 5. The first kappa shape index (κ1) is 21.0. The number of benzene rings is 1. The zero-order valence-corrected chi connectivity index (χ0v) is 17.8. The van der Waals surface area contributed by atoms with Crippen LogP contribution in [0.4, 0.5) is 0 Å². The van der Waals surface area contributed by atoms with Gasteiger partial charge in [0, 0.05) is 19.1 Å². The summed E-state index contributed by atoms with van der Waals surface area (Å²) < 4.78 is 28.0. The number of hydrogen-bond acceptors (Lipinski definition) is 6. The maximum Gasteiger partial charge on any atom is 0.338 e. The van der Waals surface area contributed by atoms with Gasteiger partial charge in [-0.05, 0) is 56.7 Å². The lowest BCUT2D eigenvalue weighted by Crippen LogP contribution is -2.35. The molecule has 1 aliphatic carbocycles. The smallest absolute Gasteiger partial charge is 0.338 e. The largest absolute Gasteiger partial charge is 0.494 e. The van der Waals surface area contributed by atoms with Gasteiger partial charge >= 0.3 is 5.97 Å². The summed E-state index contributed by atoms with van der Waals surface area (Å²) in [6, 6.07) is 5.30. The molecule has 1 atom stereocenters. The number of hydrogen-bond donors (Lipinski definition) is 0. The first-order chi connectivity index (χ1) is 13.7. The topological polar surface area (TPSA) is 63.2 Å². The molecule has 0 aromatic heterocycles. The first-order valence-corrected chi connectivity index (χ1v) is 9.48. The second-order valence-electron chi connectivity index (χ2n) is 7.88. The Labute approximate surface area is 171 Å². The molecule has 6 nitrogen and oxygen atoms in total. The summed E-state index contributed by atoms with van der Waals surface area (Å²) in [6.45, 7) is 6.02. The third-order valence-corrected chi connectivity index (χ3v) is 5.15. The normalized spacial score (nSPS) is 22.3. The van der Waals surface area contributed by atoms with Crippen molar-refractivity contribution in [3.05, 3.63) is 58.6 Å². The Morgan fingerprint density at radius 2 is 1.90 bits per heavy atom. The highest BCUT2D eigenvalue weighted by molar-refractivity contribution is 5.90. The van der Waals surface area contributed by atoms with Crippen molar-refractivity contribution in [3.63, 3.8) is 0 Å². The molecule has 1 aromatic rings. The number of carbonyl (C=O) groups excluding carboxylic acids is 1. The molecule has 1 unspecified atom stereocenters. The zero-order valence-electron chi connectivity index (χ0n) is 17.8. The molecule has 0 bridgehead atoms. The minimum atomic E-state index is -0.683. The van der Waals surface area contributed by atoms with E-state index >= 15 is 0 Å². The zero-order chi connectivity index (χ0) is 21.2. The molecule has 0 radical (unpaired) electrons. The summed E-state index contributed by atoms with van der Waals surface area (Å²) in [4.78, 5) is 12.6. The van der Waals surface area contributed by atoms with E-state index in [0.29, 0.717) is 23.5 Å². The molecule has 1 heterocycles. The van der Waals surface area contributed by atoms with Crippen LogP contribution >= 0.6 is 0 Å². The monoisotopic (exact) mass is 400 g/mol. The number of methoxy groups -OCH3 is 3. The lowest BCUT2D eigenvalue weighted by Gasteiger charge is -2.34. The van der Waals surface area contributed by atoms with Crippen LogP contribution in [0.3, 0.4) is 0 Å². The van der Waals surface area contributed by atoms with Gasteiger partial charge in [0.15, 0.2) is 11.5 Å². The van der Waals surface area contributed by atoms with Gasteiger partial charge in [-0.1, -0.05) is 6.08 Å². The molecule has 0 spiro atoms. The third-order valence-electron chi connectivity index (χ3n) is 5.15. The molecule has 1 aliphatic heterocycles. The van der Waals surface area contributed by atoms with E-state index < -0.39 is 11.6 Å². The summed E-state index contributed by atoms with van der Waals surface area (Å²) in [6.07, 6.45) is 6.29. The van der Waals surface area contributed by atoms with E-state index in [4.69, 9.17) is 23.7 Å². The Morgan fingerprint density at radius 3 is 2.55 bits per heavy atom. The molecule has 29 heavy (non-hydrogen) atoms. The summed E-state index contributed by atoms with van der Waals surface area (Å²) in [7, 11) is 4.77. The minimum absolute atomic E-state index is 0.137. The van der Waals surface area contributed by atoms with Crippen LogP contribution in [0.25, 0.3) is 6.08 Å². The molecule has 156 valence electrons. The molecule has 3 rings (SSSR count). The van der Waals surface area contributed by atoms with Gasteiger partial charge in [-0.2, -0.15) is 0 Å². The highest BCUT2D eigenvalue weighted by Gasteiger charge is 2.38. The van der Waals surface area contributed by atoms with Crippen molar-refractivity contribution in [1.29, 1.82) is 0 Å². The minimum Gasteiger partial charge on any atom is -0.494 e. The van der Waals surface area contributed by atoms with Crippen molar-refractivity contribution >= 4 is 12.0 Å². The van der Waals surface area contributed by atoms with Gasteiger partial charge in [-0.3, -0.25) is 0 Å². The van der Waals surface area contributed by atoms with Crippen LogP contribution < -0.4 is 4.74 Å². The fourth-order valence-corrected chi connectivity index (χ4v) is 3.55. The van der Waals surface area contributed by atoms with Gasteiger partial charge in [0.05, 0.1) is 19.8 Å². The van der Waals surface area contributed by atoms with E-state index in [1.165, 1.54) is 0 Å². The van der Waals surface area contributed by atoms with E-state index in [2.05, 4.69) is 0 Å². The molecule has 0 amide bonds. The predicted molar refractivity (Wildman–Crippen MR) is 110 cm³/mol. The molecule has 6 heteroatoms. The van der Waals surface area contributed by atoms with E-state index in [1.807, 2.05) is 39.0 Å². The van der Waals surface area contributed by atoms with Gasteiger partial charge in [-0.25, -0.2) is 4.79 Å². The fourth-order valence-electron chi connectivity index (χ4n) is 3.55. The lowest BCUT2D eigenvalue weighted by molar-refractivity contribution is -0.0164. The van der Waals surface area contributed by atoms with Crippen molar-refractivity contribution in [2.45, 2.75) is 38.4 Å². The number of allylic oxidation sites excluding steroid dienone is 1. The number of esters is 1. The maximum absolute atomic E-state index is 12.6. The maximum atomic E-state index is 12.6. The second-order valence-corrected chi connectivity index (χ2v) is 7.88. The van der Waals surface area contributed by atoms with Crippen molar-refractivity contribution in [2.24, 2.45) is 0 Å². The van der Waals surface area contributed by atoms with Crippen LogP contribution in [0, 0.1) is 0 Å². The molecule has 0 saturated carbocycles. The Kier molecular flexibility index (Phi) is 5.75. The first-order valence-electron chi connectivity index (χ1n) is 9.48. The van der Waals surface area contributed by atoms with Crippen LogP contribution in [0.1, 0.15) is 43.1 Å². The number of fused-ring (bicyclic) bond motifs is 1. The van der Waals surface area contributed by atoms with Crippen molar-refractivity contribution in [1.82, 2.24) is 0 Å². The van der Waals surface area contributed by atoms with E-state index in [9.17, 15) is 4.79 Å². The number of rotatable bonds is 6. The van der Waals surface area contributed by atoms with Gasteiger partial charge < -0.3 is 23.7 Å². The molecule has 1 aromatic carbocycles. The van der Waals surface area contributed by atoms with Crippen molar-refractivity contribution in [2.75, 3.05) is 27.9 Å². The highest BCUT2D eigenvalue weighted by atomic mass is 16.6. The quantitative estimate of drug-likeness (QED) is 0.665. The van der Waals surface area contributed by atoms with Gasteiger partial charge in [0.1, 0.15) is 23.6 Å². The third kappa shape index (κ3) is 4.32. The second kappa shape index (κ2) is 7.95.